The molecule has 0 saturated carbocycles. The number of hydrogen-bond donors (Lipinski definition) is 2. The fourth-order valence-corrected chi connectivity index (χ4v) is 3.86. The SMILES string of the molecule is CCOc1cccc(OCC)c1-c1ccc(C[C@H](NC(=O)[C@@]2(C)CCCO2)C(=O)O)cc1. The predicted molar refractivity (Wildman–Crippen MR) is 121 cm³/mol. The highest BCUT2D eigenvalue weighted by Gasteiger charge is 2.39. The summed E-state index contributed by atoms with van der Waals surface area (Å²) in [6.07, 6.45) is 1.54. The third-order valence-electron chi connectivity index (χ3n) is 5.57. The number of carbonyl (C=O) groups excluding carboxylic acids is 1. The molecule has 32 heavy (non-hydrogen) atoms. The Morgan fingerprint density at radius 1 is 1.09 bits per heavy atom. The normalized spacial score (nSPS) is 18.7. The van der Waals surface area contributed by atoms with Crippen LogP contribution in [-0.4, -0.2) is 48.4 Å². The average molecular weight is 442 g/mol. The number of amides is 1. The second kappa shape index (κ2) is 10.5. The third-order valence-corrected chi connectivity index (χ3v) is 5.57. The molecule has 172 valence electrons. The monoisotopic (exact) mass is 441 g/mol. The Morgan fingerprint density at radius 3 is 2.22 bits per heavy atom. The summed E-state index contributed by atoms with van der Waals surface area (Å²) in [7, 11) is 0. The van der Waals surface area contributed by atoms with Gasteiger partial charge in [-0.2, -0.15) is 0 Å². The van der Waals surface area contributed by atoms with E-state index in [1.807, 2.05) is 56.3 Å². The number of benzene rings is 2. The summed E-state index contributed by atoms with van der Waals surface area (Å²) in [5.41, 5.74) is 1.60. The van der Waals surface area contributed by atoms with Gasteiger partial charge < -0.3 is 24.6 Å². The molecule has 0 bridgehead atoms. The minimum atomic E-state index is -1.08. The minimum Gasteiger partial charge on any atom is -0.493 e. The lowest BCUT2D eigenvalue weighted by molar-refractivity contribution is -0.147. The molecule has 2 N–H and O–H groups in total. The van der Waals surface area contributed by atoms with E-state index < -0.39 is 17.6 Å². The van der Waals surface area contributed by atoms with Crippen molar-refractivity contribution in [3.63, 3.8) is 0 Å². The molecule has 1 aliphatic rings. The van der Waals surface area contributed by atoms with E-state index in [0.29, 0.717) is 26.2 Å². The molecule has 2 aromatic carbocycles. The van der Waals surface area contributed by atoms with Crippen LogP contribution >= 0.6 is 0 Å². The zero-order valence-corrected chi connectivity index (χ0v) is 18.8. The molecule has 0 aliphatic carbocycles. The third kappa shape index (κ3) is 5.40. The predicted octanol–water partition coefficient (Wildman–Crippen LogP) is 3.83. The number of nitrogens with one attached hydrogen (secondary N) is 1. The number of carboxylic acid groups (broad SMARTS) is 1. The number of rotatable bonds is 10. The maximum absolute atomic E-state index is 12.6. The summed E-state index contributed by atoms with van der Waals surface area (Å²) < 4.78 is 17.1. The van der Waals surface area contributed by atoms with E-state index in [1.54, 1.807) is 6.92 Å². The van der Waals surface area contributed by atoms with E-state index in [2.05, 4.69) is 5.32 Å². The second-order valence-corrected chi connectivity index (χ2v) is 7.94. The van der Waals surface area contributed by atoms with E-state index in [0.717, 1.165) is 34.6 Å². The maximum Gasteiger partial charge on any atom is 0.326 e. The fraction of sp³-hybridized carbons (Fsp3) is 0.440. The van der Waals surface area contributed by atoms with Gasteiger partial charge in [-0.25, -0.2) is 4.79 Å². The Balaban J connectivity index is 1.79. The zero-order valence-electron chi connectivity index (χ0n) is 18.8. The molecule has 1 saturated heterocycles. The van der Waals surface area contributed by atoms with Gasteiger partial charge in [0.25, 0.3) is 5.91 Å². The van der Waals surface area contributed by atoms with E-state index in [-0.39, 0.29) is 12.3 Å². The van der Waals surface area contributed by atoms with Gasteiger partial charge in [0.1, 0.15) is 23.1 Å². The van der Waals surface area contributed by atoms with Crippen molar-refractivity contribution in [3.05, 3.63) is 48.0 Å². The van der Waals surface area contributed by atoms with Crippen LogP contribution < -0.4 is 14.8 Å². The van der Waals surface area contributed by atoms with Crippen LogP contribution in [0, 0.1) is 0 Å². The molecule has 0 unspecified atom stereocenters. The largest absolute Gasteiger partial charge is 0.493 e. The summed E-state index contributed by atoms with van der Waals surface area (Å²) in [4.78, 5) is 24.4. The van der Waals surface area contributed by atoms with Gasteiger partial charge in [-0.15, -0.1) is 0 Å². The molecule has 1 amide bonds. The van der Waals surface area contributed by atoms with Crippen LogP contribution in [0.5, 0.6) is 11.5 Å². The first-order valence-corrected chi connectivity index (χ1v) is 11.0. The second-order valence-electron chi connectivity index (χ2n) is 7.94. The molecular formula is C25H31NO6. The summed E-state index contributed by atoms with van der Waals surface area (Å²) in [6, 6.07) is 12.2. The summed E-state index contributed by atoms with van der Waals surface area (Å²) >= 11 is 0. The van der Waals surface area contributed by atoms with Gasteiger partial charge in [0.15, 0.2) is 0 Å². The van der Waals surface area contributed by atoms with Gasteiger partial charge in [0.2, 0.25) is 0 Å². The van der Waals surface area contributed by atoms with Gasteiger partial charge in [-0.3, -0.25) is 4.79 Å². The molecule has 1 aliphatic heterocycles. The molecule has 0 spiro atoms. The lowest BCUT2D eigenvalue weighted by Gasteiger charge is -2.24. The van der Waals surface area contributed by atoms with Gasteiger partial charge in [0, 0.05) is 13.0 Å². The van der Waals surface area contributed by atoms with E-state index in [1.165, 1.54) is 0 Å². The van der Waals surface area contributed by atoms with Gasteiger partial charge in [-0.1, -0.05) is 30.3 Å². The summed E-state index contributed by atoms with van der Waals surface area (Å²) in [6.45, 7) is 7.13. The first-order chi connectivity index (χ1) is 15.4. The van der Waals surface area contributed by atoms with Crippen molar-refractivity contribution in [1.82, 2.24) is 5.32 Å². The quantitative estimate of drug-likeness (QED) is 0.582. The molecule has 7 heteroatoms. The molecule has 2 aromatic rings. The number of aliphatic carboxylic acids is 1. The van der Waals surface area contributed by atoms with Crippen molar-refractivity contribution in [3.8, 4) is 22.6 Å². The highest BCUT2D eigenvalue weighted by Crippen LogP contribution is 2.38. The van der Waals surface area contributed by atoms with E-state index >= 15 is 0 Å². The van der Waals surface area contributed by atoms with Crippen molar-refractivity contribution in [2.45, 2.75) is 51.7 Å². The van der Waals surface area contributed by atoms with Gasteiger partial charge in [0.05, 0.1) is 18.8 Å². The fourth-order valence-electron chi connectivity index (χ4n) is 3.86. The molecule has 0 radical (unpaired) electrons. The number of hydrogen-bond acceptors (Lipinski definition) is 5. The minimum absolute atomic E-state index is 0.170. The van der Waals surface area contributed by atoms with Crippen molar-refractivity contribution >= 4 is 11.9 Å². The van der Waals surface area contributed by atoms with Crippen LogP contribution in [0.1, 0.15) is 39.2 Å². The summed E-state index contributed by atoms with van der Waals surface area (Å²) in [5.74, 6) is -0.00580. The summed E-state index contributed by atoms with van der Waals surface area (Å²) in [5, 5.41) is 12.3. The first kappa shape index (κ1) is 23.6. The molecular weight excluding hydrogens is 410 g/mol. The van der Waals surface area contributed by atoms with Crippen LogP contribution in [0.4, 0.5) is 0 Å². The van der Waals surface area contributed by atoms with Crippen LogP contribution in [0.2, 0.25) is 0 Å². The Labute approximate surface area is 188 Å². The number of ether oxygens (including phenoxy) is 3. The average Bonchev–Trinajstić information content (AvgIpc) is 3.22. The van der Waals surface area contributed by atoms with Crippen LogP contribution in [0.15, 0.2) is 42.5 Å². The number of carboxylic acids is 1. The first-order valence-electron chi connectivity index (χ1n) is 11.0. The number of carbonyl (C=O) groups is 2. The van der Waals surface area contributed by atoms with Crippen molar-refractivity contribution < 1.29 is 28.9 Å². The van der Waals surface area contributed by atoms with Gasteiger partial charge >= 0.3 is 5.97 Å². The van der Waals surface area contributed by atoms with Crippen molar-refractivity contribution in [1.29, 1.82) is 0 Å². The van der Waals surface area contributed by atoms with Crippen molar-refractivity contribution in [2.24, 2.45) is 0 Å². The maximum atomic E-state index is 12.6. The standard InChI is InChI=1S/C25H31NO6/c1-4-30-20-8-6-9-21(31-5-2)22(20)18-12-10-17(11-13-18)16-19(23(27)28)26-24(29)25(3)14-7-15-32-25/h6,8-13,19H,4-5,7,14-16H2,1-3H3,(H,26,29)(H,27,28)/t19-,25+/m0/s1. The molecule has 2 atom stereocenters. The van der Waals surface area contributed by atoms with E-state index in [4.69, 9.17) is 14.2 Å². The Bertz CT molecular complexity index is 910. The smallest absolute Gasteiger partial charge is 0.326 e. The van der Waals surface area contributed by atoms with E-state index in [9.17, 15) is 14.7 Å². The lowest BCUT2D eigenvalue weighted by Crippen LogP contribution is -2.51. The van der Waals surface area contributed by atoms with Crippen molar-refractivity contribution in [2.75, 3.05) is 19.8 Å². The highest BCUT2D eigenvalue weighted by molar-refractivity contribution is 5.89. The van der Waals surface area contributed by atoms with Gasteiger partial charge in [-0.05, 0) is 56.9 Å². The highest BCUT2D eigenvalue weighted by atomic mass is 16.5. The molecule has 1 heterocycles. The molecule has 7 nitrogen and oxygen atoms in total. The zero-order chi connectivity index (χ0) is 23.1. The van der Waals surface area contributed by atoms with Crippen LogP contribution in [-0.2, 0) is 20.7 Å². The lowest BCUT2D eigenvalue weighted by atomic mass is 9.98. The molecule has 0 aromatic heterocycles. The molecule has 1 fully saturated rings. The molecule has 3 rings (SSSR count). The Hall–Kier alpha value is -3.06. The van der Waals surface area contributed by atoms with Crippen LogP contribution in [0.3, 0.4) is 0 Å². The Kier molecular flexibility index (Phi) is 7.75. The Morgan fingerprint density at radius 2 is 1.72 bits per heavy atom. The topological polar surface area (TPSA) is 94.1 Å². The van der Waals surface area contributed by atoms with Crippen LogP contribution in [0.25, 0.3) is 11.1 Å².